The Morgan fingerprint density at radius 1 is 1.28 bits per heavy atom. The van der Waals surface area contributed by atoms with Crippen LogP contribution in [0.4, 0.5) is 0 Å². The molecule has 5 nitrogen and oxygen atoms in total. The summed E-state index contributed by atoms with van der Waals surface area (Å²) in [5, 5.41) is 4.44. The Kier molecular flexibility index (Phi) is 2.26. The van der Waals surface area contributed by atoms with Crippen molar-refractivity contribution in [3.05, 3.63) is 52.2 Å². The van der Waals surface area contributed by atoms with Gasteiger partial charge in [-0.05, 0) is 26.0 Å². The third kappa shape index (κ3) is 1.52. The number of aryl methyl sites for hydroxylation is 2. The average Bonchev–Trinajstić information content (AvgIpc) is 2.67. The number of nitrogens with zero attached hydrogens (tertiary/aromatic N) is 3. The first-order valence-electron chi connectivity index (χ1n) is 5.67. The van der Waals surface area contributed by atoms with Gasteiger partial charge < -0.3 is 4.98 Å². The molecule has 0 aliphatic rings. The van der Waals surface area contributed by atoms with Crippen LogP contribution in [-0.2, 0) is 0 Å². The summed E-state index contributed by atoms with van der Waals surface area (Å²) in [6.45, 7) is 3.77. The van der Waals surface area contributed by atoms with E-state index in [1.54, 1.807) is 10.7 Å². The van der Waals surface area contributed by atoms with E-state index in [-0.39, 0.29) is 5.56 Å². The normalized spacial score (nSPS) is 11.0. The van der Waals surface area contributed by atoms with Crippen molar-refractivity contribution in [2.75, 3.05) is 0 Å². The van der Waals surface area contributed by atoms with Gasteiger partial charge in [0.15, 0.2) is 0 Å². The smallest absolute Gasteiger partial charge is 0.251 e. The highest BCUT2D eigenvalue weighted by molar-refractivity contribution is 5.77. The SMILES string of the molecule is Cc1nn2c(C)cc(=O)[nH]c2c1-c1ccccn1. The summed E-state index contributed by atoms with van der Waals surface area (Å²) in [7, 11) is 0. The third-order valence-corrected chi connectivity index (χ3v) is 2.90. The van der Waals surface area contributed by atoms with Gasteiger partial charge in [0.25, 0.3) is 5.56 Å². The molecule has 0 aliphatic carbocycles. The number of nitrogens with one attached hydrogen (secondary N) is 1. The van der Waals surface area contributed by atoms with E-state index >= 15 is 0 Å². The van der Waals surface area contributed by atoms with Crippen LogP contribution in [-0.4, -0.2) is 19.6 Å². The molecule has 3 aromatic heterocycles. The van der Waals surface area contributed by atoms with Gasteiger partial charge in [0.1, 0.15) is 5.65 Å². The number of aromatic nitrogens is 4. The number of fused-ring (bicyclic) bond motifs is 1. The van der Waals surface area contributed by atoms with Crippen molar-refractivity contribution in [2.24, 2.45) is 0 Å². The van der Waals surface area contributed by atoms with Crippen molar-refractivity contribution in [3.63, 3.8) is 0 Å². The molecule has 18 heavy (non-hydrogen) atoms. The van der Waals surface area contributed by atoms with Gasteiger partial charge in [-0.2, -0.15) is 5.10 Å². The lowest BCUT2D eigenvalue weighted by Crippen LogP contribution is -2.09. The zero-order chi connectivity index (χ0) is 12.7. The largest absolute Gasteiger partial charge is 0.306 e. The monoisotopic (exact) mass is 240 g/mol. The maximum Gasteiger partial charge on any atom is 0.251 e. The fourth-order valence-corrected chi connectivity index (χ4v) is 2.12. The van der Waals surface area contributed by atoms with Crippen LogP contribution in [0.2, 0.25) is 0 Å². The second-order valence-electron chi connectivity index (χ2n) is 4.21. The topological polar surface area (TPSA) is 63.1 Å². The quantitative estimate of drug-likeness (QED) is 0.704. The van der Waals surface area contributed by atoms with E-state index in [1.807, 2.05) is 32.0 Å². The number of hydrogen-bond acceptors (Lipinski definition) is 3. The Morgan fingerprint density at radius 3 is 2.83 bits per heavy atom. The molecule has 5 heteroatoms. The van der Waals surface area contributed by atoms with Crippen LogP contribution in [0.1, 0.15) is 11.4 Å². The van der Waals surface area contributed by atoms with Crippen LogP contribution >= 0.6 is 0 Å². The molecule has 0 aliphatic heterocycles. The fraction of sp³-hybridized carbons (Fsp3) is 0.154. The van der Waals surface area contributed by atoms with Crippen molar-refractivity contribution >= 4 is 5.65 Å². The van der Waals surface area contributed by atoms with Gasteiger partial charge in [-0.25, -0.2) is 4.52 Å². The van der Waals surface area contributed by atoms with E-state index < -0.39 is 0 Å². The lowest BCUT2D eigenvalue weighted by Gasteiger charge is -2.00. The summed E-state index contributed by atoms with van der Waals surface area (Å²) < 4.78 is 1.74. The van der Waals surface area contributed by atoms with Crippen molar-refractivity contribution in [1.29, 1.82) is 0 Å². The standard InChI is InChI=1S/C13H12N4O/c1-8-7-11(18)15-13-12(9(2)16-17(8)13)10-5-3-4-6-14-10/h3-7H,1-2H3,(H,15,18). The maximum absolute atomic E-state index is 11.6. The molecule has 1 N–H and O–H groups in total. The second kappa shape index (κ2) is 3.80. The summed E-state index contributed by atoms with van der Waals surface area (Å²) in [4.78, 5) is 18.7. The fourth-order valence-electron chi connectivity index (χ4n) is 2.12. The third-order valence-electron chi connectivity index (χ3n) is 2.90. The molecule has 0 amide bonds. The molecule has 3 aromatic rings. The van der Waals surface area contributed by atoms with Crippen molar-refractivity contribution in [1.82, 2.24) is 19.6 Å². The molecule has 3 heterocycles. The highest BCUT2D eigenvalue weighted by atomic mass is 16.1. The van der Waals surface area contributed by atoms with Crippen LogP contribution in [0.25, 0.3) is 16.9 Å². The Hall–Kier alpha value is -2.43. The zero-order valence-electron chi connectivity index (χ0n) is 10.1. The zero-order valence-corrected chi connectivity index (χ0v) is 10.1. The van der Waals surface area contributed by atoms with Gasteiger partial charge in [0, 0.05) is 18.0 Å². The van der Waals surface area contributed by atoms with Crippen LogP contribution in [0, 0.1) is 13.8 Å². The Bertz CT molecular complexity index is 771. The van der Waals surface area contributed by atoms with E-state index in [4.69, 9.17) is 0 Å². The summed E-state index contributed by atoms with van der Waals surface area (Å²) >= 11 is 0. The van der Waals surface area contributed by atoms with Crippen LogP contribution in [0.5, 0.6) is 0 Å². The molecular formula is C13H12N4O. The molecule has 0 atom stereocenters. The number of hydrogen-bond donors (Lipinski definition) is 1. The Morgan fingerprint density at radius 2 is 2.11 bits per heavy atom. The van der Waals surface area contributed by atoms with Gasteiger partial charge in [-0.15, -0.1) is 0 Å². The molecule has 0 spiro atoms. The summed E-state index contributed by atoms with van der Waals surface area (Å²) in [6.07, 6.45) is 1.73. The van der Waals surface area contributed by atoms with Gasteiger partial charge >= 0.3 is 0 Å². The number of aromatic amines is 1. The predicted molar refractivity (Wildman–Crippen MR) is 68.5 cm³/mol. The summed E-state index contributed by atoms with van der Waals surface area (Å²) in [6, 6.07) is 7.21. The molecule has 90 valence electrons. The molecule has 0 unspecified atom stereocenters. The first-order chi connectivity index (χ1) is 8.66. The maximum atomic E-state index is 11.6. The number of rotatable bonds is 1. The number of H-pyrrole nitrogens is 1. The highest BCUT2D eigenvalue weighted by Gasteiger charge is 2.14. The minimum Gasteiger partial charge on any atom is -0.306 e. The lowest BCUT2D eigenvalue weighted by molar-refractivity contribution is 0.871. The van der Waals surface area contributed by atoms with Crippen LogP contribution < -0.4 is 5.56 Å². The first kappa shape index (κ1) is 10.7. The van der Waals surface area contributed by atoms with E-state index in [2.05, 4.69) is 15.1 Å². The Balaban J connectivity index is 2.43. The molecule has 0 saturated heterocycles. The molecule has 0 saturated carbocycles. The van der Waals surface area contributed by atoms with Crippen LogP contribution in [0.3, 0.4) is 0 Å². The van der Waals surface area contributed by atoms with E-state index in [1.165, 1.54) is 6.07 Å². The molecule has 0 radical (unpaired) electrons. The van der Waals surface area contributed by atoms with E-state index in [0.717, 1.165) is 22.6 Å². The molecule has 3 rings (SSSR count). The minimum absolute atomic E-state index is 0.128. The van der Waals surface area contributed by atoms with Crippen molar-refractivity contribution in [2.45, 2.75) is 13.8 Å². The minimum atomic E-state index is -0.128. The predicted octanol–water partition coefficient (Wildman–Crippen LogP) is 1.70. The van der Waals surface area contributed by atoms with Crippen LogP contribution in [0.15, 0.2) is 35.3 Å². The van der Waals surface area contributed by atoms with Gasteiger partial charge in [-0.3, -0.25) is 9.78 Å². The first-order valence-corrected chi connectivity index (χ1v) is 5.67. The van der Waals surface area contributed by atoms with Gasteiger partial charge in [-0.1, -0.05) is 6.07 Å². The van der Waals surface area contributed by atoms with Crippen molar-refractivity contribution in [3.8, 4) is 11.3 Å². The van der Waals surface area contributed by atoms with Crippen molar-refractivity contribution < 1.29 is 0 Å². The second-order valence-corrected chi connectivity index (χ2v) is 4.21. The summed E-state index contributed by atoms with van der Waals surface area (Å²) in [5.41, 5.74) is 3.90. The molecule has 0 fully saturated rings. The van der Waals surface area contributed by atoms with E-state index in [9.17, 15) is 4.79 Å². The summed E-state index contributed by atoms with van der Waals surface area (Å²) in [5.74, 6) is 0. The molecular weight excluding hydrogens is 228 g/mol. The Labute approximate surface area is 103 Å². The lowest BCUT2D eigenvalue weighted by atomic mass is 10.1. The number of pyridine rings is 1. The van der Waals surface area contributed by atoms with Gasteiger partial charge in [0.2, 0.25) is 0 Å². The highest BCUT2D eigenvalue weighted by Crippen LogP contribution is 2.24. The molecule has 0 aromatic carbocycles. The molecule has 0 bridgehead atoms. The van der Waals surface area contributed by atoms with E-state index in [0.29, 0.717) is 5.65 Å². The van der Waals surface area contributed by atoms with Gasteiger partial charge in [0.05, 0.1) is 17.0 Å². The average molecular weight is 240 g/mol.